The number of ether oxygens (including phenoxy) is 2. The highest BCUT2D eigenvalue weighted by Crippen LogP contribution is 2.11. The van der Waals surface area contributed by atoms with E-state index in [0.29, 0.717) is 24.6 Å². The Hall–Kier alpha value is -1.75. The van der Waals surface area contributed by atoms with Crippen LogP contribution in [0.4, 0.5) is 16.2 Å². The van der Waals surface area contributed by atoms with Gasteiger partial charge in [-0.05, 0) is 38.1 Å². The van der Waals surface area contributed by atoms with Gasteiger partial charge in [0.15, 0.2) is 0 Å². The van der Waals surface area contributed by atoms with Gasteiger partial charge in [0.25, 0.3) is 0 Å². The third-order valence-corrected chi connectivity index (χ3v) is 2.02. The van der Waals surface area contributed by atoms with Gasteiger partial charge in [-0.3, -0.25) is 5.32 Å². The quantitative estimate of drug-likeness (QED) is 0.771. The minimum absolute atomic E-state index is 0.274. The first-order valence-corrected chi connectivity index (χ1v) is 5.52. The molecule has 0 aliphatic rings. The minimum Gasteiger partial charge on any atom is -0.444 e. The largest absolute Gasteiger partial charge is 0.444 e. The lowest BCUT2D eigenvalue weighted by atomic mass is 10.3. The van der Waals surface area contributed by atoms with Crippen molar-refractivity contribution in [3.63, 3.8) is 0 Å². The van der Waals surface area contributed by atoms with Crippen molar-refractivity contribution in [1.82, 2.24) is 0 Å². The lowest BCUT2D eigenvalue weighted by Gasteiger charge is -2.13. The van der Waals surface area contributed by atoms with Crippen LogP contribution in [-0.4, -0.2) is 25.4 Å². The van der Waals surface area contributed by atoms with Crippen molar-refractivity contribution < 1.29 is 14.3 Å². The zero-order valence-corrected chi connectivity index (χ0v) is 10.1. The predicted octanol–water partition coefficient (Wildman–Crippen LogP) is 2.24. The predicted molar refractivity (Wildman–Crippen MR) is 66.9 cm³/mol. The van der Waals surface area contributed by atoms with Crippen LogP contribution in [0.2, 0.25) is 0 Å². The van der Waals surface area contributed by atoms with Crippen molar-refractivity contribution in [3.8, 4) is 0 Å². The van der Waals surface area contributed by atoms with E-state index in [2.05, 4.69) is 5.32 Å². The van der Waals surface area contributed by atoms with Crippen molar-refractivity contribution >= 4 is 17.5 Å². The molecule has 0 radical (unpaired) electrons. The summed E-state index contributed by atoms with van der Waals surface area (Å²) in [6.45, 7) is 4.67. The third-order valence-electron chi connectivity index (χ3n) is 2.02. The number of hydrogen-bond donors (Lipinski definition) is 2. The Morgan fingerprint density at radius 1 is 1.41 bits per heavy atom. The average molecular weight is 238 g/mol. The minimum atomic E-state index is -0.498. The number of nitrogens with two attached hydrogens (primary N) is 1. The van der Waals surface area contributed by atoms with Gasteiger partial charge in [0.1, 0.15) is 6.10 Å². The molecule has 1 aromatic rings. The van der Waals surface area contributed by atoms with Crippen LogP contribution in [0.25, 0.3) is 0 Å². The van der Waals surface area contributed by atoms with Crippen LogP contribution >= 0.6 is 0 Å². The maximum atomic E-state index is 11.5. The summed E-state index contributed by atoms with van der Waals surface area (Å²) in [5, 5.41) is 2.60. The number of benzene rings is 1. The summed E-state index contributed by atoms with van der Waals surface area (Å²) in [4.78, 5) is 11.5. The van der Waals surface area contributed by atoms with E-state index < -0.39 is 6.09 Å². The third kappa shape index (κ3) is 5.21. The van der Waals surface area contributed by atoms with E-state index >= 15 is 0 Å². The zero-order chi connectivity index (χ0) is 12.7. The molecule has 17 heavy (non-hydrogen) atoms. The number of anilines is 2. The van der Waals surface area contributed by atoms with Crippen LogP contribution in [0.3, 0.4) is 0 Å². The second kappa shape index (κ2) is 6.75. The molecule has 0 bridgehead atoms. The number of hydrogen-bond acceptors (Lipinski definition) is 4. The lowest BCUT2D eigenvalue weighted by molar-refractivity contribution is 0.0388. The monoisotopic (exact) mass is 238 g/mol. The fourth-order valence-electron chi connectivity index (χ4n) is 1.21. The van der Waals surface area contributed by atoms with Gasteiger partial charge in [-0.15, -0.1) is 0 Å². The maximum absolute atomic E-state index is 11.5. The molecule has 0 aliphatic heterocycles. The summed E-state index contributed by atoms with van der Waals surface area (Å²) in [6, 6.07) is 6.84. The zero-order valence-electron chi connectivity index (χ0n) is 10.1. The molecule has 1 rings (SSSR count). The summed E-state index contributed by atoms with van der Waals surface area (Å²) in [6.07, 6.45) is -0.772. The molecule has 0 saturated carbocycles. The molecular formula is C12H18N2O3. The second-order valence-corrected chi connectivity index (χ2v) is 3.62. The Kier molecular flexibility index (Phi) is 5.29. The van der Waals surface area contributed by atoms with E-state index in [1.807, 2.05) is 6.92 Å². The summed E-state index contributed by atoms with van der Waals surface area (Å²) >= 11 is 0. The maximum Gasteiger partial charge on any atom is 0.411 e. The normalized spacial score (nSPS) is 11.9. The Bertz CT molecular complexity index is 351. The SMILES string of the molecule is CCOCC(C)OC(=O)Nc1ccc(N)cc1. The Morgan fingerprint density at radius 3 is 2.65 bits per heavy atom. The van der Waals surface area contributed by atoms with Crippen molar-refractivity contribution in [3.05, 3.63) is 24.3 Å². The molecule has 5 heteroatoms. The van der Waals surface area contributed by atoms with Crippen LogP contribution in [0.1, 0.15) is 13.8 Å². The van der Waals surface area contributed by atoms with Gasteiger partial charge in [0, 0.05) is 18.0 Å². The molecule has 3 N–H and O–H groups in total. The van der Waals surface area contributed by atoms with Crippen LogP contribution in [0, 0.1) is 0 Å². The molecule has 0 aliphatic carbocycles. The van der Waals surface area contributed by atoms with Crippen molar-refractivity contribution in [2.75, 3.05) is 24.3 Å². The van der Waals surface area contributed by atoms with Crippen LogP contribution < -0.4 is 11.1 Å². The van der Waals surface area contributed by atoms with Gasteiger partial charge in [0.05, 0.1) is 6.61 Å². The molecule has 1 aromatic carbocycles. The van der Waals surface area contributed by atoms with Gasteiger partial charge in [-0.2, -0.15) is 0 Å². The van der Waals surface area contributed by atoms with Gasteiger partial charge in [-0.25, -0.2) is 4.79 Å². The fraction of sp³-hybridized carbons (Fsp3) is 0.417. The van der Waals surface area contributed by atoms with Crippen molar-refractivity contribution in [2.45, 2.75) is 20.0 Å². The Balaban J connectivity index is 2.36. The first-order valence-electron chi connectivity index (χ1n) is 5.52. The molecule has 0 heterocycles. The first-order chi connectivity index (χ1) is 8.11. The first kappa shape index (κ1) is 13.3. The van der Waals surface area contributed by atoms with Gasteiger partial charge >= 0.3 is 6.09 Å². The van der Waals surface area contributed by atoms with Crippen molar-refractivity contribution in [1.29, 1.82) is 0 Å². The fourth-order valence-corrected chi connectivity index (χ4v) is 1.21. The Morgan fingerprint density at radius 2 is 2.06 bits per heavy atom. The van der Waals surface area contributed by atoms with Gasteiger partial charge < -0.3 is 15.2 Å². The topological polar surface area (TPSA) is 73.6 Å². The summed E-state index contributed by atoms with van der Waals surface area (Å²) < 4.78 is 10.2. The number of carbonyl (C=O) groups excluding carboxylic acids is 1. The summed E-state index contributed by atoms with van der Waals surface area (Å²) in [7, 11) is 0. The van der Waals surface area contributed by atoms with E-state index in [1.54, 1.807) is 31.2 Å². The summed E-state index contributed by atoms with van der Waals surface area (Å²) in [5.74, 6) is 0. The molecule has 1 atom stereocenters. The molecule has 0 fully saturated rings. The second-order valence-electron chi connectivity index (χ2n) is 3.62. The highest BCUT2D eigenvalue weighted by Gasteiger charge is 2.09. The smallest absolute Gasteiger partial charge is 0.411 e. The number of amides is 1. The Labute approximate surface area is 101 Å². The molecule has 0 saturated heterocycles. The number of nitrogen functional groups attached to an aromatic ring is 1. The van der Waals surface area contributed by atoms with Gasteiger partial charge in [-0.1, -0.05) is 0 Å². The number of nitrogens with one attached hydrogen (secondary N) is 1. The van der Waals surface area contributed by atoms with E-state index in [-0.39, 0.29) is 6.10 Å². The molecular weight excluding hydrogens is 220 g/mol. The molecule has 1 unspecified atom stereocenters. The number of carbonyl (C=O) groups is 1. The van der Waals surface area contributed by atoms with Gasteiger partial charge in [0.2, 0.25) is 0 Å². The van der Waals surface area contributed by atoms with E-state index in [1.165, 1.54) is 0 Å². The van der Waals surface area contributed by atoms with Crippen LogP contribution in [0.15, 0.2) is 24.3 Å². The highest BCUT2D eigenvalue weighted by atomic mass is 16.6. The number of rotatable bonds is 5. The lowest BCUT2D eigenvalue weighted by Crippen LogP contribution is -2.24. The van der Waals surface area contributed by atoms with E-state index in [4.69, 9.17) is 15.2 Å². The average Bonchev–Trinajstić information content (AvgIpc) is 2.29. The van der Waals surface area contributed by atoms with E-state index in [0.717, 1.165) is 0 Å². The molecule has 1 amide bonds. The van der Waals surface area contributed by atoms with E-state index in [9.17, 15) is 4.79 Å². The van der Waals surface area contributed by atoms with Crippen molar-refractivity contribution in [2.24, 2.45) is 0 Å². The molecule has 5 nitrogen and oxygen atoms in total. The molecule has 0 aromatic heterocycles. The van der Waals surface area contributed by atoms with Crippen LogP contribution in [-0.2, 0) is 9.47 Å². The molecule has 0 spiro atoms. The molecule has 94 valence electrons. The summed E-state index contributed by atoms with van der Waals surface area (Å²) in [5.41, 5.74) is 6.83. The highest BCUT2D eigenvalue weighted by molar-refractivity contribution is 5.84. The standard InChI is InChI=1S/C12H18N2O3/c1-3-16-8-9(2)17-12(15)14-11-6-4-10(13)5-7-11/h4-7,9H,3,8,13H2,1-2H3,(H,14,15). The van der Waals surface area contributed by atoms with Crippen LogP contribution in [0.5, 0.6) is 0 Å².